The highest BCUT2D eigenvalue weighted by Gasteiger charge is 2.36. The summed E-state index contributed by atoms with van der Waals surface area (Å²) in [5.41, 5.74) is -1.84. The van der Waals surface area contributed by atoms with Crippen LogP contribution in [0.15, 0.2) is 66.7 Å². The summed E-state index contributed by atoms with van der Waals surface area (Å²) in [5.74, 6) is -2.06. The molecule has 3 aromatic carbocycles. The molecule has 0 fully saturated rings. The van der Waals surface area contributed by atoms with Gasteiger partial charge in [-0.2, -0.15) is 13.2 Å². The molecule has 3 aromatic rings. The third kappa shape index (κ3) is 3.18. The van der Waals surface area contributed by atoms with Crippen molar-refractivity contribution in [3.63, 3.8) is 0 Å². The van der Waals surface area contributed by atoms with Gasteiger partial charge in [-0.1, -0.05) is 48.5 Å². The first-order valence-corrected chi connectivity index (χ1v) is 7.58. The first-order chi connectivity index (χ1) is 12.3. The van der Waals surface area contributed by atoms with Crippen LogP contribution in [0.1, 0.15) is 15.9 Å². The molecule has 0 unspecified atom stereocenters. The molecule has 0 bridgehead atoms. The minimum atomic E-state index is -4.73. The van der Waals surface area contributed by atoms with Gasteiger partial charge in [0.1, 0.15) is 5.82 Å². The zero-order valence-electron chi connectivity index (χ0n) is 13.2. The molecule has 26 heavy (non-hydrogen) atoms. The fourth-order valence-electron chi connectivity index (χ4n) is 2.87. The van der Waals surface area contributed by atoms with E-state index >= 15 is 0 Å². The van der Waals surface area contributed by atoms with Crippen LogP contribution in [0.2, 0.25) is 0 Å². The highest BCUT2D eigenvalue weighted by atomic mass is 19.4. The second-order valence-corrected chi connectivity index (χ2v) is 5.56. The van der Waals surface area contributed by atoms with E-state index in [0.717, 1.165) is 12.1 Å². The Labute approximate surface area is 146 Å². The predicted octanol–water partition coefficient (Wildman–Crippen LogP) is 5.88. The maximum atomic E-state index is 14.3. The van der Waals surface area contributed by atoms with Gasteiger partial charge in [0.2, 0.25) is 0 Å². The maximum absolute atomic E-state index is 14.3. The molecule has 0 aliphatic heterocycles. The van der Waals surface area contributed by atoms with Crippen LogP contribution in [-0.4, -0.2) is 11.1 Å². The highest BCUT2D eigenvalue weighted by molar-refractivity contribution is 5.99. The number of hydrogen-bond donors (Lipinski definition) is 1. The van der Waals surface area contributed by atoms with Crippen LogP contribution in [0.3, 0.4) is 0 Å². The standard InChI is InChI=1S/C20H12F4O2/c21-17-11-4-3-6-12(17)13-9-5-10-16(20(22,23)24)18(13)14-7-1-2-8-15(14)19(25)26/h1-11H,(H,25,26). The maximum Gasteiger partial charge on any atom is 0.417 e. The Morgan fingerprint density at radius 1 is 0.769 bits per heavy atom. The average Bonchev–Trinajstić information content (AvgIpc) is 2.61. The molecule has 0 saturated carbocycles. The molecule has 3 rings (SSSR count). The minimum absolute atomic E-state index is 0.0216. The van der Waals surface area contributed by atoms with Gasteiger partial charge < -0.3 is 5.11 Å². The quantitative estimate of drug-likeness (QED) is 0.593. The van der Waals surface area contributed by atoms with Gasteiger partial charge in [0.15, 0.2) is 0 Å². The summed E-state index contributed by atoms with van der Waals surface area (Å²) >= 11 is 0. The second kappa shape index (κ2) is 6.63. The van der Waals surface area contributed by atoms with E-state index in [0.29, 0.717) is 0 Å². The van der Waals surface area contributed by atoms with Crippen LogP contribution in [0, 0.1) is 5.82 Å². The number of carboxylic acid groups (broad SMARTS) is 1. The molecule has 0 atom stereocenters. The second-order valence-electron chi connectivity index (χ2n) is 5.56. The van der Waals surface area contributed by atoms with E-state index in [4.69, 9.17) is 0 Å². The van der Waals surface area contributed by atoms with Crippen LogP contribution in [0.5, 0.6) is 0 Å². The topological polar surface area (TPSA) is 37.3 Å². The fourth-order valence-corrected chi connectivity index (χ4v) is 2.87. The lowest BCUT2D eigenvalue weighted by Gasteiger charge is -2.19. The van der Waals surface area contributed by atoms with Crippen molar-refractivity contribution < 1.29 is 27.5 Å². The van der Waals surface area contributed by atoms with Gasteiger partial charge in [-0.15, -0.1) is 0 Å². The molecule has 132 valence electrons. The van der Waals surface area contributed by atoms with Gasteiger partial charge in [0, 0.05) is 11.1 Å². The van der Waals surface area contributed by atoms with E-state index in [1.807, 2.05) is 0 Å². The lowest BCUT2D eigenvalue weighted by atomic mass is 9.87. The summed E-state index contributed by atoms with van der Waals surface area (Å²) in [7, 11) is 0. The van der Waals surface area contributed by atoms with E-state index in [1.54, 1.807) is 0 Å². The van der Waals surface area contributed by atoms with Crippen molar-refractivity contribution in [3.8, 4) is 22.3 Å². The van der Waals surface area contributed by atoms with E-state index in [-0.39, 0.29) is 27.8 Å². The largest absolute Gasteiger partial charge is 0.478 e. The Morgan fingerprint density at radius 3 is 1.96 bits per heavy atom. The van der Waals surface area contributed by atoms with Gasteiger partial charge in [0.25, 0.3) is 0 Å². The van der Waals surface area contributed by atoms with Crippen LogP contribution in [0.25, 0.3) is 22.3 Å². The van der Waals surface area contributed by atoms with Crippen molar-refractivity contribution >= 4 is 5.97 Å². The van der Waals surface area contributed by atoms with Gasteiger partial charge in [-0.25, -0.2) is 9.18 Å². The third-order valence-electron chi connectivity index (χ3n) is 3.96. The van der Waals surface area contributed by atoms with Crippen LogP contribution in [-0.2, 0) is 6.18 Å². The molecule has 6 heteroatoms. The number of hydrogen-bond acceptors (Lipinski definition) is 1. The molecule has 0 aromatic heterocycles. The summed E-state index contributed by atoms with van der Waals surface area (Å²) in [6.07, 6.45) is -4.73. The molecule has 0 amide bonds. The fraction of sp³-hybridized carbons (Fsp3) is 0.0500. The smallest absolute Gasteiger partial charge is 0.417 e. The van der Waals surface area contributed by atoms with Gasteiger partial charge >= 0.3 is 12.1 Å². The lowest BCUT2D eigenvalue weighted by molar-refractivity contribution is -0.137. The van der Waals surface area contributed by atoms with Crippen molar-refractivity contribution in [3.05, 3.63) is 83.7 Å². The Balaban J connectivity index is 2.44. The number of rotatable bonds is 3. The van der Waals surface area contributed by atoms with Crippen molar-refractivity contribution in [1.82, 2.24) is 0 Å². The van der Waals surface area contributed by atoms with E-state index < -0.39 is 23.5 Å². The summed E-state index contributed by atoms with van der Waals surface area (Å²) < 4.78 is 55.1. The lowest BCUT2D eigenvalue weighted by Crippen LogP contribution is -2.10. The van der Waals surface area contributed by atoms with E-state index in [1.165, 1.54) is 54.6 Å². The van der Waals surface area contributed by atoms with Crippen molar-refractivity contribution in [2.45, 2.75) is 6.18 Å². The summed E-state index contributed by atoms with van der Waals surface area (Å²) in [5, 5.41) is 9.38. The van der Waals surface area contributed by atoms with Crippen molar-refractivity contribution in [1.29, 1.82) is 0 Å². The molecule has 0 aliphatic rings. The average molecular weight is 360 g/mol. The van der Waals surface area contributed by atoms with Crippen molar-refractivity contribution in [2.24, 2.45) is 0 Å². The number of aromatic carboxylic acids is 1. The van der Waals surface area contributed by atoms with Crippen LogP contribution < -0.4 is 0 Å². The Morgan fingerprint density at radius 2 is 1.35 bits per heavy atom. The van der Waals surface area contributed by atoms with Crippen LogP contribution in [0.4, 0.5) is 17.6 Å². The Bertz CT molecular complexity index is 978. The molecular formula is C20H12F4O2. The number of benzene rings is 3. The monoisotopic (exact) mass is 360 g/mol. The van der Waals surface area contributed by atoms with Gasteiger partial charge in [0.05, 0.1) is 11.1 Å². The molecule has 1 N–H and O–H groups in total. The molecule has 0 aliphatic carbocycles. The van der Waals surface area contributed by atoms with Crippen LogP contribution >= 0.6 is 0 Å². The molecule has 2 nitrogen and oxygen atoms in total. The molecule has 0 radical (unpaired) electrons. The number of halogens is 4. The van der Waals surface area contributed by atoms with E-state index in [2.05, 4.69) is 0 Å². The van der Waals surface area contributed by atoms with Gasteiger partial charge in [-0.05, 0) is 29.3 Å². The predicted molar refractivity (Wildman–Crippen MR) is 89.2 cm³/mol. The Kier molecular flexibility index (Phi) is 4.50. The number of alkyl halides is 3. The molecule has 0 spiro atoms. The van der Waals surface area contributed by atoms with E-state index in [9.17, 15) is 27.5 Å². The first-order valence-electron chi connectivity index (χ1n) is 7.58. The number of carbonyl (C=O) groups is 1. The Hall–Kier alpha value is -3.15. The highest BCUT2D eigenvalue weighted by Crippen LogP contribution is 2.44. The molecule has 0 saturated heterocycles. The molecule has 0 heterocycles. The zero-order chi connectivity index (χ0) is 18.9. The zero-order valence-corrected chi connectivity index (χ0v) is 13.2. The minimum Gasteiger partial charge on any atom is -0.478 e. The normalized spacial score (nSPS) is 11.4. The molecular weight excluding hydrogens is 348 g/mol. The third-order valence-corrected chi connectivity index (χ3v) is 3.96. The number of carboxylic acids is 1. The van der Waals surface area contributed by atoms with Gasteiger partial charge in [-0.3, -0.25) is 0 Å². The summed E-state index contributed by atoms with van der Waals surface area (Å²) in [4.78, 5) is 11.5. The summed E-state index contributed by atoms with van der Waals surface area (Å²) in [6, 6.07) is 14.2. The first kappa shape index (κ1) is 17.7. The summed E-state index contributed by atoms with van der Waals surface area (Å²) in [6.45, 7) is 0. The van der Waals surface area contributed by atoms with Crippen molar-refractivity contribution in [2.75, 3.05) is 0 Å². The SMILES string of the molecule is O=C(O)c1ccccc1-c1c(-c2ccccc2F)cccc1C(F)(F)F.